The highest BCUT2D eigenvalue weighted by atomic mass is 16.2. The van der Waals surface area contributed by atoms with Gasteiger partial charge in [0.15, 0.2) is 0 Å². The van der Waals surface area contributed by atoms with Crippen LogP contribution in [0.25, 0.3) is 10.9 Å². The predicted octanol–water partition coefficient (Wildman–Crippen LogP) is 4.28. The fourth-order valence-corrected chi connectivity index (χ4v) is 4.87. The van der Waals surface area contributed by atoms with Crippen molar-refractivity contribution in [3.05, 3.63) is 71.4 Å². The Balaban J connectivity index is 1.35. The van der Waals surface area contributed by atoms with Gasteiger partial charge in [0.2, 0.25) is 5.91 Å². The zero-order chi connectivity index (χ0) is 23.0. The molecule has 176 valence electrons. The van der Waals surface area contributed by atoms with Crippen LogP contribution in [0, 0.1) is 5.92 Å². The predicted molar refractivity (Wildman–Crippen MR) is 136 cm³/mol. The topological polar surface area (TPSA) is 60.2 Å². The van der Waals surface area contributed by atoms with Gasteiger partial charge in [-0.25, -0.2) is 0 Å². The molecule has 33 heavy (non-hydrogen) atoms. The van der Waals surface area contributed by atoms with Crippen molar-refractivity contribution in [1.29, 1.82) is 0 Å². The molecule has 0 saturated carbocycles. The third-order valence-electron chi connectivity index (χ3n) is 7.16. The van der Waals surface area contributed by atoms with Crippen LogP contribution >= 0.6 is 0 Å². The summed E-state index contributed by atoms with van der Waals surface area (Å²) in [7, 11) is 0. The molecule has 5 nitrogen and oxygen atoms in total. The Bertz CT molecular complexity index is 1040. The third kappa shape index (κ3) is 6.04. The van der Waals surface area contributed by atoms with Crippen LogP contribution in [-0.2, 0) is 24.2 Å². The highest BCUT2D eigenvalue weighted by Gasteiger charge is 2.22. The van der Waals surface area contributed by atoms with Crippen molar-refractivity contribution in [2.24, 2.45) is 5.92 Å². The van der Waals surface area contributed by atoms with E-state index in [9.17, 15) is 4.79 Å². The van der Waals surface area contributed by atoms with Gasteiger partial charge in [-0.3, -0.25) is 9.69 Å². The van der Waals surface area contributed by atoms with Crippen LogP contribution in [0.15, 0.2) is 54.7 Å². The summed E-state index contributed by atoms with van der Waals surface area (Å²) in [6, 6.07) is 16.8. The Morgan fingerprint density at radius 1 is 1.06 bits per heavy atom. The molecule has 1 atom stereocenters. The second-order valence-corrected chi connectivity index (χ2v) is 9.29. The summed E-state index contributed by atoms with van der Waals surface area (Å²) < 4.78 is 0. The monoisotopic (exact) mass is 446 g/mol. The van der Waals surface area contributed by atoms with E-state index in [1.54, 1.807) is 0 Å². The molecule has 0 bridgehead atoms. The first-order valence-corrected chi connectivity index (χ1v) is 12.5. The van der Waals surface area contributed by atoms with Crippen molar-refractivity contribution in [1.82, 2.24) is 20.5 Å². The van der Waals surface area contributed by atoms with Crippen molar-refractivity contribution < 1.29 is 4.79 Å². The van der Waals surface area contributed by atoms with Gasteiger partial charge in [0.05, 0.1) is 6.04 Å². The summed E-state index contributed by atoms with van der Waals surface area (Å²) >= 11 is 0. The second kappa shape index (κ2) is 11.5. The fraction of sp³-hybridized carbons (Fsp3) is 0.464. The van der Waals surface area contributed by atoms with Gasteiger partial charge in [-0.05, 0) is 48.1 Å². The number of para-hydroxylation sites is 1. The Hall–Kier alpha value is -2.63. The summed E-state index contributed by atoms with van der Waals surface area (Å²) in [6.07, 6.45) is 6.08. The van der Waals surface area contributed by atoms with Crippen LogP contribution in [0.3, 0.4) is 0 Å². The van der Waals surface area contributed by atoms with Crippen molar-refractivity contribution in [3.8, 4) is 0 Å². The van der Waals surface area contributed by atoms with Crippen LogP contribution < -0.4 is 10.6 Å². The van der Waals surface area contributed by atoms with E-state index in [0.717, 1.165) is 51.0 Å². The lowest BCUT2D eigenvalue weighted by Gasteiger charge is -2.29. The Morgan fingerprint density at radius 3 is 2.64 bits per heavy atom. The molecule has 3 N–H and O–H groups in total. The number of H-pyrrole nitrogens is 1. The maximum absolute atomic E-state index is 13.2. The smallest absolute Gasteiger partial charge is 0.237 e. The maximum atomic E-state index is 13.2. The van der Waals surface area contributed by atoms with Crippen LogP contribution in [0.1, 0.15) is 43.4 Å². The van der Waals surface area contributed by atoms with Crippen molar-refractivity contribution in [3.63, 3.8) is 0 Å². The molecule has 0 saturated heterocycles. The lowest BCUT2D eigenvalue weighted by atomic mass is 10.00. The molecule has 1 aromatic heterocycles. The number of aromatic nitrogens is 1. The minimum atomic E-state index is -0.230. The Labute approximate surface area is 198 Å². The van der Waals surface area contributed by atoms with E-state index in [4.69, 9.17) is 0 Å². The standard InChI is InChI=1S/C28H38N4O/c1-3-21(4-2)18-30-27(17-24-19-31-26-12-8-7-11-25(24)26)28(33)29-14-16-32-15-13-22-9-5-6-10-23(22)20-32/h5-12,19,21,27,30-31H,3-4,13-18,20H2,1-2H3,(H,29,33)/t27-/m1/s1. The number of hydrogen-bond donors (Lipinski definition) is 3. The number of nitrogens with zero attached hydrogens (tertiary/aromatic N) is 1. The largest absolute Gasteiger partial charge is 0.361 e. The van der Waals surface area contributed by atoms with E-state index < -0.39 is 0 Å². The molecule has 4 rings (SSSR count). The number of carbonyl (C=O) groups is 1. The van der Waals surface area contributed by atoms with E-state index in [1.165, 1.54) is 22.1 Å². The Kier molecular flexibility index (Phi) is 8.19. The molecule has 2 heterocycles. The minimum absolute atomic E-state index is 0.101. The van der Waals surface area contributed by atoms with Gasteiger partial charge >= 0.3 is 0 Å². The lowest BCUT2D eigenvalue weighted by Crippen LogP contribution is -2.48. The molecule has 2 aromatic carbocycles. The average Bonchev–Trinajstić information content (AvgIpc) is 3.26. The summed E-state index contributed by atoms with van der Waals surface area (Å²) in [6.45, 7) is 8.90. The van der Waals surface area contributed by atoms with E-state index in [0.29, 0.717) is 18.9 Å². The van der Waals surface area contributed by atoms with Crippen LogP contribution in [-0.4, -0.2) is 48.0 Å². The first kappa shape index (κ1) is 23.5. The molecule has 1 amide bonds. The number of nitrogens with one attached hydrogen (secondary N) is 3. The first-order valence-electron chi connectivity index (χ1n) is 12.5. The van der Waals surface area contributed by atoms with Gasteiger partial charge in [0.1, 0.15) is 0 Å². The van der Waals surface area contributed by atoms with E-state index in [-0.39, 0.29) is 11.9 Å². The Morgan fingerprint density at radius 2 is 1.82 bits per heavy atom. The number of aromatic amines is 1. The van der Waals surface area contributed by atoms with Gasteiger partial charge < -0.3 is 15.6 Å². The highest BCUT2D eigenvalue weighted by molar-refractivity contribution is 5.86. The van der Waals surface area contributed by atoms with Gasteiger partial charge in [-0.2, -0.15) is 0 Å². The maximum Gasteiger partial charge on any atom is 0.237 e. The minimum Gasteiger partial charge on any atom is -0.361 e. The molecule has 3 aromatic rings. The number of benzene rings is 2. The number of carbonyl (C=O) groups excluding carboxylic acids is 1. The number of amides is 1. The summed E-state index contributed by atoms with van der Waals surface area (Å²) in [5.41, 5.74) is 5.19. The molecule has 1 aliphatic rings. The van der Waals surface area contributed by atoms with Crippen LogP contribution in [0.2, 0.25) is 0 Å². The van der Waals surface area contributed by atoms with E-state index in [1.807, 2.05) is 6.07 Å². The number of rotatable bonds is 11. The van der Waals surface area contributed by atoms with Crippen LogP contribution in [0.5, 0.6) is 0 Å². The summed E-state index contributed by atoms with van der Waals surface area (Å²) in [5, 5.41) is 8.01. The second-order valence-electron chi connectivity index (χ2n) is 9.29. The van der Waals surface area contributed by atoms with E-state index in [2.05, 4.69) is 83.0 Å². The molecule has 0 unspecified atom stereocenters. The van der Waals surface area contributed by atoms with Gasteiger partial charge in [0, 0.05) is 43.3 Å². The average molecular weight is 447 g/mol. The number of fused-ring (bicyclic) bond motifs is 2. The lowest BCUT2D eigenvalue weighted by molar-refractivity contribution is -0.123. The first-order chi connectivity index (χ1) is 16.2. The van der Waals surface area contributed by atoms with Crippen molar-refractivity contribution in [2.75, 3.05) is 26.2 Å². The van der Waals surface area contributed by atoms with E-state index >= 15 is 0 Å². The number of hydrogen-bond acceptors (Lipinski definition) is 3. The van der Waals surface area contributed by atoms with Crippen LogP contribution in [0.4, 0.5) is 0 Å². The van der Waals surface area contributed by atoms with Crippen molar-refractivity contribution >= 4 is 16.8 Å². The summed E-state index contributed by atoms with van der Waals surface area (Å²) in [4.78, 5) is 19.0. The van der Waals surface area contributed by atoms with Crippen molar-refractivity contribution in [2.45, 2.75) is 52.1 Å². The normalized spacial score (nSPS) is 15.0. The zero-order valence-electron chi connectivity index (χ0n) is 20.1. The molecule has 0 aliphatic carbocycles. The molecule has 0 radical (unpaired) electrons. The SMILES string of the molecule is CCC(CC)CN[C@H](Cc1c[nH]c2ccccc12)C(=O)NCCN1CCc2ccccc2C1. The van der Waals surface area contributed by atoms with Gasteiger partial charge in [-0.15, -0.1) is 0 Å². The third-order valence-corrected chi connectivity index (χ3v) is 7.16. The fourth-order valence-electron chi connectivity index (χ4n) is 4.87. The van der Waals surface area contributed by atoms with Gasteiger partial charge in [0.25, 0.3) is 0 Å². The molecular weight excluding hydrogens is 408 g/mol. The quantitative estimate of drug-likeness (QED) is 0.412. The molecule has 1 aliphatic heterocycles. The molecule has 0 fully saturated rings. The zero-order valence-corrected chi connectivity index (χ0v) is 20.1. The molecule has 5 heteroatoms. The molecular formula is C28H38N4O. The summed E-state index contributed by atoms with van der Waals surface area (Å²) in [5.74, 6) is 0.695. The van der Waals surface area contributed by atoms with Gasteiger partial charge in [-0.1, -0.05) is 69.2 Å². The molecule has 0 spiro atoms. The highest BCUT2D eigenvalue weighted by Crippen LogP contribution is 2.20.